The van der Waals surface area contributed by atoms with Gasteiger partial charge in [-0.3, -0.25) is 24.7 Å². The zero-order valence-electron chi connectivity index (χ0n) is 17.7. The summed E-state index contributed by atoms with van der Waals surface area (Å²) in [6.45, 7) is 2.05. The number of primary amides is 1. The zero-order valence-corrected chi connectivity index (χ0v) is 18.5. The van der Waals surface area contributed by atoms with Crippen molar-refractivity contribution in [2.75, 3.05) is 5.73 Å². The number of rotatable bonds is 5. The average Bonchev–Trinajstić information content (AvgIpc) is 3.18. The van der Waals surface area contributed by atoms with E-state index in [0.29, 0.717) is 16.1 Å². The molecule has 10 heteroatoms. The maximum atomic E-state index is 12.8. The summed E-state index contributed by atoms with van der Waals surface area (Å²) in [6.07, 6.45) is 2.85. The van der Waals surface area contributed by atoms with Crippen molar-refractivity contribution < 1.29 is 4.79 Å². The van der Waals surface area contributed by atoms with E-state index in [-0.39, 0.29) is 16.9 Å². The number of anilines is 1. The van der Waals surface area contributed by atoms with Crippen LogP contribution in [0.3, 0.4) is 0 Å². The van der Waals surface area contributed by atoms with Gasteiger partial charge in [-0.1, -0.05) is 48.9 Å². The molecular formula is C23H22ClN7O2. The summed E-state index contributed by atoms with van der Waals surface area (Å²) < 4.78 is 1.74. The molecule has 0 unspecified atom stereocenters. The van der Waals surface area contributed by atoms with Gasteiger partial charge in [-0.25, -0.2) is 4.99 Å². The lowest BCUT2D eigenvalue weighted by Crippen LogP contribution is -2.22. The minimum absolute atomic E-state index is 0.0268. The Morgan fingerprint density at radius 1 is 1.24 bits per heavy atom. The number of carbonyl (C=O) groups is 1. The van der Waals surface area contributed by atoms with Crippen LogP contribution in [0.2, 0.25) is 5.02 Å². The van der Waals surface area contributed by atoms with Gasteiger partial charge in [0.25, 0.3) is 11.5 Å². The van der Waals surface area contributed by atoms with Crippen LogP contribution in [0.5, 0.6) is 0 Å². The predicted octanol–water partition coefficient (Wildman–Crippen LogP) is 3.32. The number of pyridine rings is 1. The Bertz CT molecular complexity index is 1390. The summed E-state index contributed by atoms with van der Waals surface area (Å²) in [5, 5.41) is 14.6. The Morgan fingerprint density at radius 3 is 2.61 bits per heavy atom. The second-order valence-corrected chi connectivity index (χ2v) is 7.25. The maximum absolute atomic E-state index is 12.8. The highest BCUT2D eigenvalue weighted by Crippen LogP contribution is 2.22. The van der Waals surface area contributed by atoms with E-state index >= 15 is 0 Å². The molecule has 2 aromatic heterocycles. The van der Waals surface area contributed by atoms with Crippen LogP contribution < -0.4 is 17.0 Å². The van der Waals surface area contributed by atoms with Gasteiger partial charge in [-0.2, -0.15) is 5.10 Å². The Kier molecular flexibility index (Phi) is 7.37. The molecule has 2 aromatic carbocycles. The molecule has 0 spiro atoms. The van der Waals surface area contributed by atoms with Crippen LogP contribution in [0.25, 0.3) is 16.5 Å². The summed E-state index contributed by atoms with van der Waals surface area (Å²) in [5.74, 6) is -0.656. The van der Waals surface area contributed by atoms with E-state index in [1.54, 1.807) is 10.6 Å². The van der Waals surface area contributed by atoms with Crippen LogP contribution in [0.4, 0.5) is 5.82 Å². The summed E-state index contributed by atoms with van der Waals surface area (Å²) >= 11 is 6.20. The first-order valence-corrected chi connectivity index (χ1v) is 10.3. The lowest BCUT2D eigenvalue weighted by atomic mass is 10.1. The molecule has 168 valence electrons. The Balaban J connectivity index is 0.000000205. The van der Waals surface area contributed by atoms with Gasteiger partial charge in [-0.15, -0.1) is 0 Å². The summed E-state index contributed by atoms with van der Waals surface area (Å²) in [6, 6.07) is 17.3. The number of nitrogens with zero attached hydrogens (tertiary/aromatic N) is 3. The summed E-state index contributed by atoms with van der Waals surface area (Å²) in [7, 11) is 0. The first-order valence-electron chi connectivity index (χ1n) is 9.93. The average molecular weight is 464 g/mol. The van der Waals surface area contributed by atoms with Crippen LogP contribution >= 0.6 is 11.6 Å². The molecule has 0 aliphatic rings. The molecule has 0 radical (unpaired) electrons. The van der Waals surface area contributed by atoms with Crippen molar-refractivity contribution >= 4 is 46.7 Å². The van der Waals surface area contributed by atoms with Crippen LogP contribution in [0.15, 0.2) is 64.4 Å². The molecule has 0 bridgehead atoms. The third-order valence-corrected chi connectivity index (χ3v) is 5.11. The number of hydrogen-bond acceptors (Lipinski definition) is 5. The topological polar surface area (TPSA) is 156 Å². The van der Waals surface area contributed by atoms with E-state index in [2.05, 4.69) is 15.2 Å². The number of hydrogen-bond donors (Lipinski definition) is 4. The van der Waals surface area contributed by atoms with Crippen LogP contribution in [-0.2, 0) is 6.42 Å². The Hall–Kier alpha value is -4.24. The second kappa shape index (κ2) is 10.4. The third-order valence-electron chi connectivity index (χ3n) is 4.80. The first kappa shape index (κ1) is 23.4. The van der Waals surface area contributed by atoms with Crippen molar-refractivity contribution in [3.8, 4) is 5.69 Å². The van der Waals surface area contributed by atoms with Gasteiger partial charge < -0.3 is 11.5 Å². The summed E-state index contributed by atoms with van der Waals surface area (Å²) in [4.78, 5) is 27.1. The number of aryl methyl sites for hydroxylation is 1. The molecule has 6 N–H and O–H groups in total. The first-order chi connectivity index (χ1) is 15.9. The normalized spacial score (nSPS) is 10.7. The fourth-order valence-electron chi connectivity index (χ4n) is 3.33. The number of nitrogens with two attached hydrogens (primary N) is 2. The maximum Gasteiger partial charge on any atom is 0.264 e. The molecule has 0 saturated carbocycles. The molecule has 2 heterocycles. The fraction of sp³-hybridized carbons (Fsp3) is 0.0870. The molecule has 4 rings (SSSR count). The molecule has 0 saturated heterocycles. The minimum atomic E-state index is -0.683. The van der Waals surface area contributed by atoms with Gasteiger partial charge in [0.05, 0.1) is 22.3 Å². The number of aromatic nitrogens is 3. The Morgan fingerprint density at radius 2 is 1.97 bits per heavy atom. The van der Waals surface area contributed by atoms with E-state index in [0.717, 1.165) is 29.5 Å². The third kappa shape index (κ3) is 4.99. The molecule has 0 aliphatic carbocycles. The van der Waals surface area contributed by atoms with E-state index in [1.165, 1.54) is 6.21 Å². The van der Waals surface area contributed by atoms with E-state index < -0.39 is 5.91 Å². The zero-order chi connectivity index (χ0) is 24.0. The number of aromatic amines is 1. The van der Waals surface area contributed by atoms with Crippen molar-refractivity contribution in [2.45, 2.75) is 13.3 Å². The van der Waals surface area contributed by atoms with Crippen LogP contribution in [0, 0.1) is 5.41 Å². The predicted molar refractivity (Wildman–Crippen MR) is 132 cm³/mol. The molecule has 9 nitrogen and oxygen atoms in total. The number of halogens is 1. The lowest BCUT2D eigenvalue weighted by molar-refractivity contribution is 0.100. The number of fused-ring (bicyclic) bond motifs is 1. The van der Waals surface area contributed by atoms with Crippen LogP contribution in [0.1, 0.15) is 28.7 Å². The highest BCUT2D eigenvalue weighted by molar-refractivity contribution is 6.35. The highest BCUT2D eigenvalue weighted by Gasteiger charge is 2.14. The van der Waals surface area contributed by atoms with E-state index in [4.69, 9.17) is 28.5 Å². The molecule has 0 aliphatic heterocycles. The van der Waals surface area contributed by atoms with Crippen molar-refractivity contribution in [3.05, 3.63) is 86.9 Å². The highest BCUT2D eigenvalue weighted by atomic mass is 35.5. The number of benzene rings is 2. The van der Waals surface area contributed by atoms with Crippen LogP contribution in [-0.4, -0.2) is 33.2 Å². The van der Waals surface area contributed by atoms with Crippen molar-refractivity contribution in [2.24, 2.45) is 10.7 Å². The Labute approximate surface area is 194 Å². The SMILES string of the molecule is CCc1cc2cccc(Cl)c2c(=O)n1-c1ccccc1.N=CN=Cc1[nH]nc(N)c1C(N)=O. The number of H-pyrrole nitrogens is 1. The lowest BCUT2D eigenvalue weighted by Gasteiger charge is -2.14. The van der Waals surface area contributed by atoms with E-state index in [9.17, 15) is 9.59 Å². The molecule has 1 amide bonds. The van der Waals surface area contributed by atoms with Gasteiger partial charge in [-0.05, 0) is 36.1 Å². The number of para-hydroxylation sites is 1. The largest absolute Gasteiger partial charge is 0.382 e. The molecule has 33 heavy (non-hydrogen) atoms. The number of nitrogen functional groups attached to an aromatic ring is 1. The standard InChI is InChI=1S/C17H14ClNO.C6H8N6O/c1-2-13-11-12-7-6-10-15(18)16(12)17(20)19(13)14-8-4-3-5-9-14;7-2-10-1-3-4(6(9)13)5(8)12-11-3/h3-11H,2H2,1H3;1-2,7H,(H2,9,13)(H3,8,11,12). The van der Waals surface area contributed by atoms with E-state index in [1.807, 2.05) is 55.5 Å². The molecule has 0 atom stereocenters. The van der Waals surface area contributed by atoms with Crippen molar-refractivity contribution in [1.29, 1.82) is 5.41 Å². The van der Waals surface area contributed by atoms with Gasteiger partial charge >= 0.3 is 0 Å². The second-order valence-electron chi connectivity index (χ2n) is 6.84. The van der Waals surface area contributed by atoms with Gasteiger partial charge in [0, 0.05) is 11.4 Å². The minimum Gasteiger partial charge on any atom is -0.382 e. The molecular weight excluding hydrogens is 442 g/mol. The smallest absolute Gasteiger partial charge is 0.264 e. The molecule has 0 fully saturated rings. The number of carbonyl (C=O) groups excluding carboxylic acids is 1. The number of amides is 1. The molecule has 4 aromatic rings. The van der Waals surface area contributed by atoms with Gasteiger partial charge in [0.15, 0.2) is 5.82 Å². The number of nitrogens with one attached hydrogen (secondary N) is 2. The quantitative estimate of drug-likeness (QED) is 0.264. The summed E-state index contributed by atoms with van der Waals surface area (Å²) in [5.41, 5.74) is 12.6. The van der Waals surface area contributed by atoms with Crippen molar-refractivity contribution in [3.63, 3.8) is 0 Å². The number of aliphatic imine (C=N–C) groups is 1. The monoisotopic (exact) mass is 463 g/mol. The van der Waals surface area contributed by atoms with Crippen molar-refractivity contribution in [1.82, 2.24) is 14.8 Å². The van der Waals surface area contributed by atoms with Gasteiger partial charge in [0.1, 0.15) is 11.9 Å². The fourth-order valence-corrected chi connectivity index (χ4v) is 3.59. The van der Waals surface area contributed by atoms with Gasteiger partial charge in [0.2, 0.25) is 0 Å².